The Morgan fingerprint density at radius 3 is 2.57 bits per heavy atom. The summed E-state index contributed by atoms with van der Waals surface area (Å²) in [7, 11) is 0. The minimum absolute atomic E-state index is 0.293. The number of carbonyl (C=O) groups is 2. The summed E-state index contributed by atoms with van der Waals surface area (Å²) >= 11 is 0. The molecule has 148 valence electrons. The maximum Gasteiger partial charge on any atom is 0.279 e. The van der Waals surface area contributed by atoms with E-state index in [-0.39, 0.29) is 11.8 Å². The van der Waals surface area contributed by atoms with Crippen LogP contribution in [-0.2, 0) is 11.2 Å². The molecule has 1 saturated carbocycles. The monoisotopic (exact) mass is 381 g/mol. The van der Waals surface area contributed by atoms with E-state index in [4.69, 9.17) is 4.74 Å². The highest BCUT2D eigenvalue weighted by Gasteiger charge is 2.29. The SMILES string of the molecule is Cc1cc(C(=O)NNC(=O)C2Cc3ccccc3O2)c(C)n1C1CCCCC1. The summed E-state index contributed by atoms with van der Waals surface area (Å²) in [6.45, 7) is 4.02. The predicted molar refractivity (Wildman–Crippen MR) is 106 cm³/mol. The minimum Gasteiger partial charge on any atom is -0.480 e. The molecule has 2 aromatic rings. The van der Waals surface area contributed by atoms with Crippen molar-refractivity contribution in [3.05, 3.63) is 52.8 Å². The van der Waals surface area contributed by atoms with E-state index in [1.165, 1.54) is 19.3 Å². The highest BCUT2D eigenvalue weighted by Crippen LogP contribution is 2.32. The first-order valence-corrected chi connectivity index (χ1v) is 10.1. The van der Waals surface area contributed by atoms with Crippen LogP contribution in [-0.4, -0.2) is 22.5 Å². The number of para-hydroxylation sites is 1. The molecule has 1 aromatic carbocycles. The molecule has 6 heteroatoms. The van der Waals surface area contributed by atoms with Crippen LogP contribution < -0.4 is 15.6 Å². The standard InChI is InChI=1S/C22H27N3O3/c1-14-12-18(15(2)25(14)17-9-4-3-5-10-17)21(26)23-24-22(27)20-13-16-8-6-7-11-19(16)28-20/h6-8,11-12,17,20H,3-5,9-10,13H2,1-2H3,(H,23,26)(H,24,27). The molecule has 1 unspecified atom stereocenters. The van der Waals surface area contributed by atoms with Gasteiger partial charge in [-0.3, -0.25) is 20.4 Å². The smallest absolute Gasteiger partial charge is 0.279 e. The molecule has 2 aliphatic rings. The van der Waals surface area contributed by atoms with E-state index in [0.717, 1.165) is 35.5 Å². The summed E-state index contributed by atoms with van der Waals surface area (Å²) in [6.07, 6.45) is 5.98. The van der Waals surface area contributed by atoms with E-state index < -0.39 is 6.10 Å². The topological polar surface area (TPSA) is 72.4 Å². The van der Waals surface area contributed by atoms with E-state index in [2.05, 4.69) is 15.4 Å². The molecule has 0 radical (unpaired) electrons. The summed E-state index contributed by atoms with van der Waals surface area (Å²) in [5.74, 6) is 0.0923. The molecular weight excluding hydrogens is 354 g/mol. The lowest BCUT2D eigenvalue weighted by Gasteiger charge is -2.26. The number of amides is 2. The molecule has 1 fully saturated rings. The molecule has 0 bridgehead atoms. The van der Waals surface area contributed by atoms with Crippen molar-refractivity contribution in [2.75, 3.05) is 0 Å². The Bertz CT molecular complexity index is 871. The van der Waals surface area contributed by atoms with Gasteiger partial charge < -0.3 is 9.30 Å². The van der Waals surface area contributed by atoms with E-state index in [9.17, 15) is 9.59 Å². The molecular formula is C22H27N3O3. The number of ether oxygens (including phenoxy) is 1. The predicted octanol–water partition coefficient (Wildman–Crippen LogP) is 3.37. The molecule has 0 saturated heterocycles. The third-order valence-corrected chi connectivity index (χ3v) is 5.91. The Kier molecular flexibility index (Phi) is 5.11. The molecule has 4 rings (SSSR count). The highest BCUT2D eigenvalue weighted by molar-refractivity contribution is 5.97. The quantitative estimate of drug-likeness (QED) is 0.801. The highest BCUT2D eigenvalue weighted by atomic mass is 16.5. The summed E-state index contributed by atoms with van der Waals surface area (Å²) in [6, 6.07) is 9.97. The van der Waals surface area contributed by atoms with Gasteiger partial charge in [-0.05, 0) is 44.4 Å². The van der Waals surface area contributed by atoms with Gasteiger partial charge >= 0.3 is 0 Å². The lowest BCUT2D eigenvalue weighted by atomic mass is 9.95. The number of carbonyl (C=O) groups excluding carboxylic acids is 2. The largest absolute Gasteiger partial charge is 0.480 e. The molecule has 2 heterocycles. The van der Waals surface area contributed by atoms with Crippen LogP contribution in [0, 0.1) is 13.8 Å². The summed E-state index contributed by atoms with van der Waals surface area (Å²) < 4.78 is 7.95. The molecule has 2 N–H and O–H groups in total. The first-order valence-electron chi connectivity index (χ1n) is 10.1. The van der Waals surface area contributed by atoms with Crippen LogP contribution in [0.4, 0.5) is 0 Å². The molecule has 1 aromatic heterocycles. The first-order chi connectivity index (χ1) is 13.5. The van der Waals surface area contributed by atoms with Gasteiger partial charge in [-0.1, -0.05) is 37.5 Å². The lowest BCUT2D eigenvalue weighted by Crippen LogP contribution is -2.47. The zero-order valence-electron chi connectivity index (χ0n) is 16.5. The van der Waals surface area contributed by atoms with Gasteiger partial charge in [0.15, 0.2) is 6.10 Å². The van der Waals surface area contributed by atoms with E-state index >= 15 is 0 Å². The van der Waals surface area contributed by atoms with Crippen LogP contribution in [0.1, 0.15) is 65.5 Å². The number of nitrogens with zero attached hydrogens (tertiary/aromatic N) is 1. The third kappa shape index (κ3) is 3.51. The van der Waals surface area contributed by atoms with Crippen molar-refractivity contribution >= 4 is 11.8 Å². The van der Waals surface area contributed by atoms with Gasteiger partial charge in [-0.25, -0.2) is 0 Å². The van der Waals surface area contributed by atoms with Gasteiger partial charge in [0.25, 0.3) is 11.8 Å². The zero-order chi connectivity index (χ0) is 19.7. The van der Waals surface area contributed by atoms with Crippen molar-refractivity contribution in [1.29, 1.82) is 0 Å². The molecule has 2 amide bonds. The minimum atomic E-state index is -0.618. The lowest BCUT2D eigenvalue weighted by molar-refractivity contribution is -0.128. The van der Waals surface area contributed by atoms with Gasteiger partial charge in [-0.2, -0.15) is 0 Å². The average molecular weight is 381 g/mol. The number of nitrogens with one attached hydrogen (secondary N) is 2. The van der Waals surface area contributed by atoms with Crippen molar-refractivity contribution in [3.63, 3.8) is 0 Å². The van der Waals surface area contributed by atoms with Gasteiger partial charge in [0.2, 0.25) is 0 Å². The average Bonchev–Trinajstić information content (AvgIpc) is 3.27. The Labute approximate surface area is 165 Å². The number of hydrazine groups is 1. The van der Waals surface area contributed by atoms with E-state index in [1.54, 1.807) is 0 Å². The van der Waals surface area contributed by atoms with Gasteiger partial charge in [0.1, 0.15) is 5.75 Å². The van der Waals surface area contributed by atoms with Gasteiger partial charge in [-0.15, -0.1) is 0 Å². The second-order valence-corrected chi connectivity index (χ2v) is 7.81. The molecule has 6 nitrogen and oxygen atoms in total. The van der Waals surface area contributed by atoms with Gasteiger partial charge in [0, 0.05) is 23.9 Å². The summed E-state index contributed by atoms with van der Waals surface area (Å²) in [5.41, 5.74) is 8.74. The van der Waals surface area contributed by atoms with Crippen LogP contribution in [0.3, 0.4) is 0 Å². The second kappa shape index (κ2) is 7.70. The van der Waals surface area contributed by atoms with Crippen molar-refractivity contribution in [2.24, 2.45) is 0 Å². The molecule has 1 aliphatic heterocycles. The molecule has 28 heavy (non-hydrogen) atoms. The summed E-state index contributed by atoms with van der Waals surface area (Å²) in [4.78, 5) is 25.1. The van der Waals surface area contributed by atoms with E-state index in [0.29, 0.717) is 18.0 Å². The van der Waals surface area contributed by atoms with Crippen molar-refractivity contribution in [3.8, 4) is 5.75 Å². The third-order valence-electron chi connectivity index (χ3n) is 5.91. The van der Waals surface area contributed by atoms with Crippen LogP contribution in [0.5, 0.6) is 5.75 Å². The van der Waals surface area contributed by atoms with E-state index in [1.807, 2.05) is 44.2 Å². The Morgan fingerprint density at radius 2 is 1.82 bits per heavy atom. The van der Waals surface area contributed by atoms with Crippen LogP contribution >= 0.6 is 0 Å². The molecule has 0 spiro atoms. The Morgan fingerprint density at radius 1 is 1.07 bits per heavy atom. The second-order valence-electron chi connectivity index (χ2n) is 7.81. The number of aromatic nitrogens is 1. The number of hydrogen-bond donors (Lipinski definition) is 2. The molecule has 1 aliphatic carbocycles. The number of benzene rings is 1. The number of fused-ring (bicyclic) bond motifs is 1. The van der Waals surface area contributed by atoms with Crippen molar-refractivity contribution in [1.82, 2.24) is 15.4 Å². The number of hydrogen-bond acceptors (Lipinski definition) is 3. The number of aryl methyl sites for hydroxylation is 1. The fraction of sp³-hybridized carbons (Fsp3) is 0.455. The zero-order valence-corrected chi connectivity index (χ0v) is 16.5. The van der Waals surface area contributed by atoms with Gasteiger partial charge in [0.05, 0.1) is 5.56 Å². The Hall–Kier alpha value is -2.76. The normalized spacial score (nSPS) is 19.0. The Balaban J connectivity index is 1.38. The maximum atomic E-state index is 12.7. The van der Waals surface area contributed by atoms with Crippen LogP contribution in [0.15, 0.2) is 30.3 Å². The fourth-order valence-electron chi connectivity index (χ4n) is 4.50. The van der Waals surface area contributed by atoms with Crippen molar-refractivity contribution in [2.45, 2.75) is 64.5 Å². The first kappa shape index (κ1) is 18.6. The van der Waals surface area contributed by atoms with Crippen LogP contribution in [0.25, 0.3) is 0 Å². The number of rotatable bonds is 3. The van der Waals surface area contributed by atoms with Crippen molar-refractivity contribution < 1.29 is 14.3 Å². The summed E-state index contributed by atoms with van der Waals surface area (Å²) in [5, 5.41) is 0. The fourth-order valence-corrected chi connectivity index (χ4v) is 4.50. The molecule has 1 atom stereocenters. The maximum absolute atomic E-state index is 12.7. The van der Waals surface area contributed by atoms with Crippen LogP contribution in [0.2, 0.25) is 0 Å².